The van der Waals surface area contributed by atoms with Crippen LogP contribution in [0.5, 0.6) is 0 Å². The van der Waals surface area contributed by atoms with Crippen molar-refractivity contribution in [3.8, 4) is 0 Å². The highest BCUT2D eigenvalue weighted by atomic mass is 35.5. The van der Waals surface area contributed by atoms with Gasteiger partial charge in [0, 0.05) is 5.88 Å². The van der Waals surface area contributed by atoms with Crippen LogP contribution in [-0.4, -0.2) is 26.7 Å². The molecule has 0 aromatic carbocycles. The van der Waals surface area contributed by atoms with Crippen LogP contribution in [0.4, 0.5) is 0 Å². The summed E-state index contributed by atoms with van der Waals surface area (Å²) in [5.41, 5.74) is 0. The van der Waals surface area contributed by atoms with Crippen molar-refractivity contribution < 1.29 is 4.74 Å². The van der Waals surface area contributed by atoms with Crippen LogP contribution in [0.15, 0.2) is 0 Å². The van der Waals surface area contributed by atoms with Crippen LogP contribution in [0, 0.1) is 5.92 Å². The molecule has 0 aliphatic carbocycles. The molecule has 0 radical (unpaired) electrons. The third-order valence-electron chi connectivity index (χ3n) is 3.71. The van der Waals surface area contributed by atoms with Gasteiger partial charge in [-0.2, -0.15) is 0 Å². The molecule has 1 nitrogen and oxygen atoms in total. The lowest BCUT2D eigenvalue weighted by Crippen LogP contribution is -2.40. The molecule has 1 atom stereocenters. The summed E-state index contributed by atoms with van der Waals surface area (Å²) in [6.07, 6.45) is 0.310. The van der Waals surface area contributed by atoms with E-state index in [2.05, 4.69) is 47.7 Å². The Morgan fingerprint density at radius 1 is 1.19 bits per heavy atom. The van der Waals surface area contributed by atoms with Crippen LogP contribution in [0.2, 0.25) is 24.2 Å². The smallest absolute Gasteiger partial charge is 0.0531 e. The van der Waals surface area contributed by atoms with Gasteiger partial charge in [-0.1, -0.05) is 39.9 Å². The molecule has 0 aliphatic rings. The first kappa shape index (κ1) is 16.5. The number of alkyl halides is 1. The highest BCUT2D eigenvalue weighted by Crippen LogP contribution is 2.40. The van der Waals surface area contributed by atoms with Crippen molar-refractivity contribution in [1.82, 2.24) is 0 Å². The van der Waals surface area contributed by atoms with Crippen molar-refractivity contribution >= 4 is 19.7 Å². The van der Waals surface area contributed by atoms with Gasteiger partial charge in [0.15, 0.2) is 0 Å². The van der Waals surface area contributed by atoms with Crippen molar-refractivity contribution in [2.45, 2.75) is 64.9 Å². The lowest BCUT2D eigenvalue weighted by Gasteiger charge is -2.39. The molecular formula is C13H29ClOSi. The van der Waals surface area contributed by atoms with Crippen LogP contribution in [0.1, 0.15) is 34.6 Å². The van der Waals surface area contributed by atoms with Crippen molar-refractivity contribution in [2.75, 3.05) is 12.5 Å². The van der Waals surface area contributed by atoms with Crippen LogP contribution in [-0.2, 0) is 4.74 Å². The fraction of sp³-hybridized carbons (Fsp3) is 1.00. The van der Waals surface area contributed by atoms with E-state index < -0.39 is 8.07 Å². The predicted molar refractivity (Wildman–Crippen MR) is 77.3 cm³/mol. The number of hydrogen-bond acceptors (Lipinski definition) is 1. The van der Waals surface area contributed by atoms with Gasteiger partial charge in [0.25, 0.3) is 0 Å². The van der Waals surface area contributed by atoms with E-state index >= 15 is 0 Å². The van der Waals surface area contributed by atoms with Crippen molar-refractivity contribution in [3.63, 3.8) is 0 Å². The number of rotatable bonds is 6. The SMILES string of the molecule is CC(C)OCC(CCl)C[Si](C)(C)C(C)(C)C. The third-order valence-corrected chi connectivity index (χ3v) is 9.81. The first-order valence-electron chi connectivity index (χ1n) is 6.27. The first-order valence-corrected chi connectivity index (χ1v) is 10.0. The van der Waals surface area contributed by atoms with E-state index in [0.29, 0.717) is 17.1 Å². The van der Waals surface area contributed by atoms with Gasteiger partial charge >= 0.3 is 0 Å². The molecule has 16 heavy (non-hydrogen) atoms. The zero-order valence-electron chi connectivity index (χ0n) is 12.1. The number of ether oxygens (including phenoxy) is 1. The van der Waals surface area contributed by atoms with E-state index in [1.165, 1.54) is 6.04 Å². The van der Waals surface area contributed by atoms with E-state index in [9.17, 15) is 0 Å². The molecule has 0 fully saturated rings. The van der Waals surface area contributed by atoms with Gasteiger partial charge in [-0.05, 0) is 24.8 Å². The fourth-order valence-electron chi connectivity index (χ4n) is 1.51. The average Bonchev–Trinajstić information content (AvgIpc) is 2.09. The van der Waals surface area contributed by atoms with Crippen molar-refractivity contribution in [1.29, 1.82) is 0 Å². The van der Waals surface area contributed by atoms with Gasteiger partial charge in [-0.25, -0.2) is 0 Å². The Morgan fingerprint density at radius 2 is 1.69 bits per heavy atom. The summed E-state index contributed by atoms with van der Waals surface area (Å²) < 4.78 is 5.69. The molecule has 98 valence electrons. The number of halogens is 1. The zero-order valence-corrected chi connectivity index (χ0v) is 13.8. The van der Waals surface area contributed by atoms with E-state index in [-0.39, 0.29) is 0 Å². The normalized spacial score (nSPS) is 15.6. The first-order chi connectivity index (χ1) is 7.10. The molecule has 0 rings (SSSR count). The second-order valence-electron chi connectivity index (χ2n) is 6.74. The molecule has 0 saturated carbocycles. The molecule has 3 heteroatoms. The summed E-state index contributed by atoms with van der Waals surface area (Å²) in [6, 6.07) is 1.26. The molecule has 0 heterocycles. The summed E-state index contributed by atoms with van der Waals surface area (Å²) in [5.74, 6) is 1.24. The Hall–Kier alpha value is 0.467. The standard InChI is InChI=1S/C13H29ClOSi/c1-11(2)15-9-12(8-14)10-16(6,7)13(3,4)5/h11-12H,8-10H2,1-7H3. The topological polar surface area (TPSA) is 9.23 Å². The highest BCUT2D eigenvalue weighted by molar-refractivity contribution is 6.80. The maximum Gasteiger partial charge on any atom is 0.0531 e. The van der Waals surface area contributed by atoms with Gasteiger partial charge in [0.05, 0.1) is 20.8 Å². The second-order valence-corrected chi connectivity index (χ2v) is 12.7. The van der Waals surface area contributed by atoms with Gasteiger partial charge in [-0.15, -0.1) is 11.6 Å². The Labute approximate surface area is 108 Å². The predicted octanol–water partition coefficient (Wildman–Crippen LogP) is 4.77. The lowest BCUT2D eigenvalue weighted by molar-refractivity contribution is 0.0595. The average molecular weight is 265 g/mol. The van der Waals surface area contributed by atoms with Crippen LogP contribution < -0.4 is 0 Å². The molecule has 0 saturated heterocycles. The Bertz CT molecular complexity index is 197. The van der Waals surface area contributed by atoms with E-state index in [0.717, 1.165) is 12.5 Å². The minimum atomic E-state index is -1.23. The molecule has 0 N–H and O–H groups in total. The largest absolute Gasteiger partial charge is 0.378 e. The molecule has 0 aromatic rings. The van der Waals surface area contributed by atoms with Crippen LogP contribution in [0.25, 0.3) is 0 Å². The summed E-state index contributed by atoms with van der Waals surface area (Å²) >= 11 is 6.05. The molecule has 0 spiro atoms. The maximum atomic E-state index is 6.05. The molecule has 0 amide bonds. The summed E-state index contributed by atoms with van der Waals surface area (Å²) in [7, 11) is -1.23. The van der Waals surface area contributed by atoms with Crippen LogP contribution >= 0.6 is 11.6 Å². The van der Waals surface area contributed by atoms with Gasteiger partial charge in [0.1, 0.15) is 0 Å². The van der Waals surface area contributed by atoms with E-state index in [1.807, 2.05) is 0 Å². The maximum absolute atomic E-state index is 6.05. The second kappa shape index (κ2) is 6.41. The van der Waals surface area contributed by atoms with Crippen molar-refractivity contribution in [3.05, 3.63) is 0 Å². The number of hydrogen-bond donors (Lipinski definition) is 0. The monoisotopic (exact) mass is 264 g/mol. The van der Waals surface area contributed by atoms with Crippen LogP contribution in [0.3, 0.4) is 0 Å². The molecule has 0 aliphatic heterocycles. The summed E-state index contributed by atoms with van der Waals surface area (Å²) in [6.45, 7) is 17.0. The Kier molecular flexibility index (Phi) is 6.60. The van der Waals surface area contributed by atoms with E-state index in [4.69, 9.17) is 16.3 Å². The third kappa shape index (κ3) is 5.69. The molecule has 0 aromatic heterocycles. The quantitative estimate of drug-likeness (QED) is 0.496. The fourth-order valence-corrected chi connectivity index (χ4v) is 4.21. The minimum absolute atomic E-state index is 0.310. The van der Waals surface area contributed by atoms with E-state index in [1.54, 1.807) is 0 Å². The lowest BCUT2D eigenvalue weighted by atomic mass is 10.2. The highest BCUT2D eigenvalue weighted by Gasteiger charge is 2.36. The minimum Gasteiger partial charge on any atom is -0.378 e. The molecular weight excluding hydrogens is 236 g/mol. The summed E-state index contributed by atoms with van der Waals surface area (Å²) in [4.78, 5) is 0. The summed E-state index contributed by atoms with van der Waals surface area (Å²) in [5, 5.41) is 0.440. The van der Waals surface area contributed by atoms with Gasteiger partial charge in [0.2, 0.25) is 0 Å². The zero-order chi connectivity index (χ0) is 13.0. The molecule has 1 unspecified atom stereocenters. The van der Waals surface area contributed by atoms with Gasteiger partial charge in [-0.3, -0.25) is 0 Å². The Balaban J connectivity index is 4.31. The Morgan fingerprint density at radius 3 is 2.00 bits per heavy atom. The van der Waals surface area contributed by atoms with Gasteiger partial charge < -0.3 is 4.74 Å². The van der Waals surface area contributed by atoms with Crippen molar-refractivity contribution in [2.24, 2.45) is 5.92 Å². The molecule has 0 bridgehead atoms.